The first-order chi connectivity index (χ1) is 14.2. The first-order valence-electron chi connectivity index (χ1n) is 9.85. The van der Waals surface area contributed by atoms with Gasteiger partial charge in [0.15, 0.2) is 0 Å². The molecule has 2 atom stereocenters. The lowest BCUT2D eigenvalue weighted by Gasteiger charge is -2.22. The highest BCUT2D eigenvalue weighted by Gasteiger charge is 2.27. The fraction of sp³-hybridized carbons (Fsp3) is 0.476. The molecule has 1 heterocycles. The number of alkyl halides is 3. The molecule has 0 radical (unpaired) electrons. The predicted molar refractivity (Wildman–Crippen MR) is 105 cm³/mol. The van der Waals surface area contributed by atoms with E-state index in [4.69, 9.17) is 0 Å². The molecule has 0 bridgehead atoms. The molecular weight excluding hydrogens is 399 g/mol. The molecule has 0 aliphatic carbocycles. The van der Waals surface area contributed by atoms with Gasteiger partial charge in [-0.1, -0.05) is 42.5 Å². The number of hydrogen-bond acceptors (Lipinski definition) is 3. The lowest BCUT2D eigenvalue weighted by Crippen LogP contribution is -2.41. The Hall–Kier alpha value is -2.84. The highest BCUT2D eigenvalue weighted by molar-refractivity contribution is 5.86. The molecule has 2 rings (SSSR count). The van der Waals surface area contributed by atoms with Crippen LogP contribution >= 0.6 is 0 Å². The molecule has 1 aliphatic rings. The molecule has 9 heteroatoms. The van der Waals surface area contributed by atoms with E-state index in [-0.39, 0.29) is 37.6 Å². The van der Waals surface area contributed by atoms with Gasteiger partial charge in [0.2, 0.25) is 17.7 Å². The number of nitrogens with one attached hydrogen (secondary N) is 3. The highest BCUT2D eigenvalue weighted by atomic mass is 19.4. The van der Waals surface area contributed by atoms with E-state index in [1.807, 2.05) is 30.3 Å². The highest BCUT2D eigenvalue weighted by Crippen LogP contribution is 2.19. The van der Waals surface area contributed by atoms with Gasteiger partial charge in [-0.2, -0.15) is 13.2 Å². The van der Waals surface area contributed by atoms with Crippen LogP contribution in [0.3, 0.4) is 0 Å². The van der Waals surface area contributed by atoms with E-state index in [9.17, 15) is 27.6 Å². The van der Waals surface area contributed by atoms with Gasteiger partial charge in [-0.25, -0.2) is 0 Å². The number of allylic oxidation sites excluding steroid dienone is 2. The Labute approximate surface area is 173 Å². The minimum absolute atomic E-state index is 0.135. The molecule has 0 saturated heterocycles. The third-order valence-electron chi connectivity index (χ3n) is 4.68. The van der Waals surface area contributed by atoms with Gasteiger partial charge >= 0.3 is 6.18 Å². The second-order valence-corrected chi connectivity index (χ2v) is 7.14. The standard InChI is InChI=1S/C21H26F3N3O3/c22-21(23,24)11-12-25-19(29)13-16-9-5-2-6-10-18(28)27-17(14-26-20(16)30)15-7-3-1-4-8-15/h1-5,7-8,16-17H,6,9-14H2,(H,25,29)(H,26,30)(H,27,28)/b5-2+/t16-,17-/m0/s1. The zero-order chi connectivity index (χ0) is 22.0. The van der Waals surface area contributed by atoms with Gasteiger partial charge in [0, 0.05) is 25.9 Å². The Morgan fingerprint density at radius 1 is 1.13 bits per heavy atom. The molecule has 0 aromatic heterocycles. The van der Waals surface area contributed by atoms with Crippen molar-refractivity contribution in [3.63, 3.8) is 0 Å². The summed E-state index contributed by atoms with van der Waals surface area (Å²) in [4.78, 5) is 36.8. The topological polar surface area (TPSA) is 87.3 Å². The minimum Gasteiger partial charge on any atom is -0.356 e. The fourth-order valence-electron chi connectivity index (χ4n) is 3.07. The maximum Gasteiger partial charge on any atom is 0.390 e. The summed E-state index contributed by atoms with van der Waals surface area (Å²) < 4.78 is 36.7. The molecular formula is C21H26F3N3O3. The van der Waals surface area contributed by atoms with Crippen molar-refractivity contribution in [1.82, 2.24) is 16.0 Å². The number of carbonyl (C=O) groups is 3. The summed E-state index contributed by atoms with van der Waals surface area (Å²) in [6, 6.07) is 8.76. The monoisotopic (exact) mass is 425 g/mol. The number of carbonyl (C=O) groups excluding carboxylic acids is 3. The molecule has 0 unspecified atom stereocenters. The smallest absolute Gasteiger partial charge is 0.356 e. The summed E-state index contributed by atoms with van der Waals surface area (Å²) in [6.07, 6.45) is -1.16. The Bertz CT molecular complexity index is 751. The molecule has 1 aliphatic heterocycles. The van der Waals surface area contributed by atoms with E-state index in [1.165, 1.54) is 0 Å². The van der Waals surface area contributed by atoms with Crippen LogP contribution in [0.15, 0.2) is 42.5 Å². The number of halogens is 3. The fourth-order valence-corrected chi connectivity index (χ4v) is 3.07. The second kappa shape index (κ2) is 11.4. The van der Waals surface area contributed by atoms with Crippen LogP contribution < -0.4 is 16.0 Å². The number of hydrogen-bond donors (Lipinski definition) is 3. The molecule has 164 valence electrons. The Morgan fingerprint density at radius 3 is 2.57 bits per heavy atom. The van der Waals surface area contributed by atoms with Gasteiger partial charge in [-0.3, -0.25) is 14.4 Å². The average Bonchev–Trinajstić information content (AvgIpc) is 2.68. The molecule has 3 amide bonds. The summed E-state index contributed by atoms with van der Waals surface area (Å²) in [5.41, 5.74) is 0.834. The van der Waals surface area contributed by atoms with Crippen molar-refractivity contribution >= 4 is 17.7 Å². The Kier molecular flexibility index (Phi) is 8.89. The van der Waals surface area contributed by atoms with E-state index in [2.05, 4.69) is 16.0 Å². The normalized spacial score (nSPS) is 22.1. The van der Waals surface area contributed by atoms with Gasteiger partial charge in [-0.05, 0) is 18.4 Å². The zero-order valence-corrected chi connectivity index (χ0v) is 16.5. The van der Waals surface area contributed by atoms with Gasteiger partial charge in [0.05, 0.1) is 18.4 Å². The molecule has 6 nitrogen and oxygen atoms in total. The zero-order valence-electron chi connectivity index (χ0n) is 16.5. The maximum atomic E-state index is 12.6. The summed E-state index contributed by atoms with van der Waals surface area (Å²) in [6.45, 7) is -0.376. The SMILES string of the molecule is O=C(C[C@@H]1C/C=C/CCC(=O)N[C@H](c2ccccc2)CNC1=O)NCCC(F)(F)F. The van der Waals surface area contributed by atoms with Gasteiger partial charge < -0.3 is 16.0 Å². The third-order valence-corrected chi connectivity index (χ3v) is 4.68. The van der Waals surface area contributed by atoms with Crippen molar-refractivity contribution in [2.24, 2.45) is 5.92 Å². The Balaban J connectivity index is 2.02. The molecule has 1 aromatic carbocycles. The summed E-state index contributed by atoms with van der Waals surface area (Å²) >= 11 is 0. The molecule has 30 heavy (non-hydrogen) atoms. The summed E-state index contributed by atoms with van der Waals surface area (Å²) in [5, 5.41) is 7.87. The van der Waals surface area contributed by atoms with Crippen molar-refractivity contribution in [3.8, 4) is 0 Å². The molecule has 3 N–H and O–H groups in total. The lowest BCUT2D eigenvalue weighted by molar-refractivity contribution is -0.137. The minimum atomic E-state index is -4.35. The van der Waals surface area contributed by atoms with Gasteiger partial charge in [-0.15, -0.1) is 0 Å². The number of amides is 3. The number of benzene rings is 1. The van der Waals surface area contributed by atoms with Crippen molar-refractivity contribution in [2.45, 2.75) is 44.3 Å². The summed E-state index contributed by atoms with van der Waals surface area (Å²) in [7, 11) is 0. The van der Waals surface area contributed by atoms with Crippen molar-refractivity contribution in [1.29, 1.82) is 0 Å². The largest absolute Gasteiger partial charge is 0.390 e. The van der Waals surface area contributed by atoms with Crippen molar-refractivity contribution in [3.05, 3.63) is 48.0 Å². The first-order valence-corrected chi connectivity index (χ1v) is 9.85. The Morgan fingerprint density at radius 2 is 1.87 bits per heavy atom. The second-order valence-electron chi connectivity index (χ2n) is 7.14. The lowest BCUT2D eigenvalue weighted by atomic mass is 9.98. The molecule has 1 aromatic rings. The third kappa shape index (κ3) is 8.67. The first kappa shape index (κ1) is 23.4. The molecule has 0 saturated carbocycles. The van der Waals surface area contributed by atoms with Crippen LogP contribution in [-0.2, 0) is 14.4 Å². The number of rotatable bonds is 5. The van der Waals surface area contributed by atoms with Crippen LogP contribution in [0.1, 0.15) is 43.7 Å². The van der Waals surface area contributed by atoms with Gasteiger partial charge in [0.25, 0.3) is 0 Å². The molecule has 0 spiro atoms. The van der Waals surface area contributed by atoms with E-state index < -0.39 is 37.0 Å². The van der Waals surface area contributed by atoms with Gasteiger partial charge in [0.1, 0.15) is 0 Å². The maximum absolute atomic E-state index is 12.6. The van der Waals surface area contributed by atoms with Crippen molar-refractivity contribution < 1.29 is 27.6 Å². The van der Waals surface area contributed by atoms with Crippen molar-refractivity contribution in [2.75, 3.05) is 13.1 Å². The van der Waals surface area contributed by atoms with Crippen LogP contribution in [-0.4, -0.2) is 37.0 Å². The predicted octanol–water partition coefficient (Wildman–Crippen LogP) is 2.78. The van der Waals surface area contributed by atoms with E-state index in [1.54, 1.807) is 12.2 Å². The van der Waals surface area contributed by atoms with Crippen LogP contribution in [0, 0.1) is 5.92 Å². The van der Waals surface area contributed by atoms with E-state index in [0.717, 1.165) is 5.56 Å². The molecule has 0 fully saturated rings. The van der Waals surface area contributed by atoms with E-state index >= 15 is 0 Å². The van der Waals surface area contributed by atoms with Crippen LogP contribution in [0.25, 0.3) is 0 Å². The van der Waals surface area contributed by atoms with Crippen LogP contribution in [0.2, 0.25) is 0 Å². The summed E-state index contributed by atoms with van der Waals surface area (Å²) in [5.74, 6) is -1.84. The van der Waals surface area contributed by atoms with Crippen LogP contribution in [0.4, 0.5) is 13.2 Å². The average molecular weight is 425 g/mol. The van der Waals surface area contributed by atoms with Crippen LogP contribution in [0.5, 0.6) is 0 Å². The van der Waals surface area contributed by atoms with E-state index in [0.29, 0.717) is 6.42 Å². The quantitative estimate of drug-likeness (QED) is 0.634.